The number of hydrogen-bond acceptors (Lipinski definition) is 4. The van der Waals surface area contributed by atoms with Gasteiger partial charge in [-0.2, -0.15) is 0 Å². The fourth-order valence-electron chi connectivity index (χ4n) is 2.19. The molecule has 0 aliphatic carbocycles. The molecule has 0 saturated carbocycles. The van der Waals surface area contributed by atoms with Gasteiger partial charge in [-0.25, -0.2) is 0 Å². The Morgan fingerprint density at radius 3 is 2.64 bits per heavy atom. The van der Waals surface area contributed by atoms with E-state index in [4.69, 9.17) is 26.8 Å². The van der Waals surface area contributed by atoms with Crippen LogP contribution in [0.5, 0.6) is 11.5 Å². The largest absolute Gasteiger partial charge is 0.493 e. The van der Waals surface area contributed by atoms with E-state index in [0.29, 0.717) is 35.1 Å². The zero-order valence-electron chi connectivity index (χ0n) is 13.8. The molecule has 0 aromatic heterocycles. The highest BCUT2D eigenvalue weighted by atomic mass is 35.5. The number of nitrogens with one attached hydrogen (secondary N) is 1. The van der Waals surface area contributed by atoms with Crippen LogP contribution < -0.4 is 20.5 Å². The van der Waals surface area contributed by atoms with Crippen LogP contribution in [0.25, 0.3) is 0 Å². The molecule has 132 valence electrons. The topological polar surface area (TPSA) is 90.7 Å². The monoisotopic (exact) mass is 362 g/mol. The van der Waals surface area contributed by atoms with Gasteiger partial charge >= 0.3 is 0 Å². The van der Waals surface area contributed by atoms with E-state index >= 15 is 0 Å². The summed E-state index contributed by atoms with van der Waals surface area (Å²) in [4.78, 5) is 23.0. The van der Waals surface area contributed by atoms with Crippen molar-refractivity contribution < 1.29 is 19.1 Å². The van der Waals surface area contributed by atoms with Gasteiger partial charge in [-0.3, -0.25) is 9.59 Å². The van der Waals surface area contributed by atoms with Crippen molar-refractivity contribution in [1.29, 1.82) is 0 Å². The second kappa shape index (κ2) is 8.94. The first kappa shape index (κ1) is 18.6. The van der Waals surface area contributed by atoms with Gasteiger partial charge in [0.15, 0.2) is 18.1 Å². The predicted molar refractivity (Wildman–Crippen MR) is 95.2 cm³/mol. The number of hydrogen-bond donors (Lipinski definition) is 2. The molecule has 0 radical (unpaired) electrons. The molecule has 0 bridgehead atoms. The molecule has 0 heterocycles. The molecular weight excluding hydrogens is 344 g/mol. The number of benzene rings is 2. The van der Waals surface area contributed by atoms with E-state index in [-0.39, 0.29) is 12.5 Å². The molecule has 0 spiro atoms. The normalized spacial score (nSPS) is 10.2. The number of rotatable bonds is 8. The average Bonchev–Trinajstić information content (AvgIpc) is 2.59. The van der Waals surface area contributed by atoms with Gasteiger partial charge in [0.1, 0.15) is 0 Å². The number of carbonyl (C=O) groups excluding carboxylic acids is 2. The Hall–Kier alpha value is -2.73. The van der Waals surface area contributed by atoms with Crippen LogP contribution in [0, 0.1) is 0 Å². The van der Waals surface area contributed by atoms with Gasteiger partial charge in [0.05, 0.1) is 7.11 Å². The summed E-state index contributed by atoms with van der Waals surface area (Å²) in [6.45, 7) is 0.211. The summed E-state index contributed by atoms with van der Waals surface area (Å²) in [7, 11) is 1.45. The quantitative estimate of drug-likeness (QED) is 0.753. The van der Waals surface area contributed by atoms with Gasteiger partial charge < -0.3 is 20.5 Å². The Labute approximate surface area is 150 Å². The van der Waals surface area contributed by atoms with Crippen LogP contribution in [0.3, 0.4) is 0 Å². The van der Waals surface area contributed by atoms with Crippen LogP contribution in [-0.2, 0) is 11.2 Å². The maximum absolute atomic E-state index is 12.2. The van der Waals surface area contributed by atoms with Crippen molar-refractivity contribution in [2.24, 2.45) is 5.73 Å². The van der Waals surface area contributed by atoms with E-state index in [1.165, 1.54) is 7.11 Å². The molecule has 0 aliphatic rings. The molecule has 0 fully saturated rings. The third-order valence-electron chi connectivity index (χ3n) is 3.38. The van der Waals surface area contributed by atoms with E-state index in [1.807, 2.05) is 18.2 Å². The van der Waals surface area contributed by atoms with Crippen LogP contribution >= 0.6 is 11.6 Å². The van der Waals surface area contributed by atoms with Crippen LogP contribution in [0.4, 0.5) is 0 Å². The number of primary amides is 1. The molecule has 25 heavy (non-hydrogen) atoms. The second-order valence-electron chi connectivity index (χ2n) is 5.26. The lowest BCUT2D eigenvalue weighted by atomic mass is 10.1. The predicted octanol–water partition coefficient (Wildman–Crippen LogP) is 2.19. The van der Waals surface area contributed by atoms with Crippen LogP contribution in [0.2, 0.25) is 5.02 Å². The lowest BCUT2D eigenvalue weighted by molar-refractivity contribution is -0.119. The summed E-state index contributed by atoms with van der Waals surface area (Å²) in [6, 6.07) is 12.2. The molecule has 0 unspecified atom stereocenters. The number of methoxy groups -OCH3 is 1. The summed E-state index contributed by atoms with van der Waals surface area (Å²) in [5, 5.41) is 3.50. The van der Waals surface area contributed by atoms with E-state index < -0.39 is 5.91 Å². The Morgan fingerprint density at radius 2 is 1.96 bits per heavy atom. The highest BCUT2D eigenvalue weighted by molar-refractivity contribution is 6.30. The van der Waals surface area contributed by atoms with Gasteiger partial charge in [0.25, 0.3) is 11.8 Å². The highest BCUT2D eigenvalue weighted by Crippen LogP contribution is 2.28. The van der Waals surface area contributed by atoms with Crippen molar-refractivity contribution in [2.75, 3.05) is 20.3 Å². The van der Waals surface area contributed by atoms with Gasteiger partial charge in [0.2, 0.25) is 0 Å². The summed E-state index contributed by atoms with van der Waals surface area (Å²) in [5.41, 5.74) is 6.51. The summed E-state index contributed by atoms with van der Waals surface area (Å²) < 4.78 is 10.4. The molecular formula is C18H19ClN2O4. The zero-order valence-corrected chi connectivity index (χ0v) is 14.5. The molecule has 0 aliphatic heterocycles. The smallest absolute Gasteiger partial charge is 0.255 e. The first-order chi connectivity index (χ1) is 12.0. The van der Waals surface area contributed by atoms with Gasteiger partial charge in [-0.1, -0.05) is 23.7 Å². The van der Waals surface area contributed by atoms with E-state index in [9.17, 15) is 9.59 Å². The molecule has 0 atom stereocenters. The van der Waals surface area contributed by atoms with Crippen LogP contribution in [0.1, 0.15) is 15.9 Å². The van der Waals surface area contributed by atoms with Crippen LogP contribution in [0.15, 0.2) is 42.5 Å². The van der Waals surface area contributed by atoms with E-state index in [1.54, 1.807) is 24.3 Å². The second-order valence-corrected chi connectivity index (χ2v) is 5.69. The van der Waals surface area contributed by atoms with Gasteiger partial charge in [-0.05, 0) is 42.3 Å². The Morgan fingerprint density at radius 1 is 1.16 bits per heavy atom. The van der Waals surface area contributed by atoms with Crippen molar-refractivity contribution >= 4 is 23.4 Å². The molecule has 6 nitrogen and oxygen atoms in total. The van der Waals surface area contributed by atoms with Crippen molar-refractivity contribution in [3.05, 3.63) is 58.6 Å². The Bertz CT molecular complexity index is 764. The van der Waals surface area contributed by atoms with Gasteiger partial charge in [0, 0.05) is 17.1 Å². The first-order valence-corrected chi connectivity index (χ1v) is 7.99. The molecule has 2 aromatic rings. The lowest BCUT2D eigenvalue weighted by Gasteiger charge is -2.11. The van der Waals surface area contributed by atoms with Crippen molar-refractivity contribution in [3.8, 4) is 11.5 Å². The number of ether oxygens (including phenoxy) is 2. The summed E-state index contributed by atoms with van der Waals surface area (Å²) >= 11 is 5.93. The van der Waals surface area contributed by atoms with Crippen molar-refractivity contribution in [3.63, 3.8) is 0 Å². The highest BCUT2D eigenvalue weighted by Gasteiger charge is 2.11. The summed E-state index contributed by atoms with van der Waals surface area (Å²) in [6.07, 6.45) is 0.670. The SMILES string of the molecule is COc1cc(C(=O)NCCc2cccc(Cl)c2)ccc1OCC(N)=O. The first-order valence-electron chi connectivity index (χ1n) is 7.61. The minimum absolute atomic E-state index is 0.234. The zero-order chi connectivity index (χ0) is 18.2. The Kier molecular flexibility index (Phi) is 6.65. The average molecular weight is 363 g/mol. The van der Waals surface area contributed by atoms with Crippen molar-refractivity contribution in [2.45, 2.75) is 6.42 Å². The lowest BCUT2D eigenvalue weighted by Crippen LogP contribution is -2.25. The molecule has 2 rings (SSSR count). The van der Waals surface area contributed by atoms with Crippen molar-refractivity contribution in [1.82, 2.24) is 5.32 Å². The van der Waals surface area contributed by atoms with E-state index in [0.717, 1.165) is 5.56 Å². The fraction of sp³-hybridized carbons (Fsp3) is 0.222. The Balaban J connectivity index is 1.95. The summed E-state index contributed by atoms with van der Waals surface area (Å²) in [5.74, 6) is -0.132. The fourth-order valence-corrected chi connectivity index (χ4v) is 2.40. The third-order valence-corrected chi connectivity index (χ3v) is 3.62. The minimum Gasteiger partial charge on any atom is -0.493 e. The number of nitrogens with two attached hydrogens (primary N) is 1. The molecule has 2 amide bonds. The van der Waals surface area contributed by atoms with E-state index in [2.05, 4.69) is 5.32 Å². The third kappa shape index (κ3) is 5.69. The maximum atomic E-state index is 12.2. The number of carbonyl (C=O) groups is 2. The maximum Gasteiger partial charge on any atom is 0.255 e. The molecule has 3 N–H and O–H groups in total. The molecule has 2 aromatic carbocycles. The van der Waals surface area contributed by atoms with Gasteiger partial charge in [-0.15, -0.1) is 0 Å². The van der Waals surface area contributed by atoms with Crippen LogP contribution in [-0.4, -0.2) is 32.1 Å². The molecule has 0 saturated heterocycles. The standard InChI is InChI=1S/C18H19ClN2O4/c1-24-16-10-13(5-6-15(16)25-11-17(20)22)18(23)21-8-7-12-3-2-4-14(19)9-12/h2-6,9-10H,7-8,11H2,1H3,(H2,20,22)(H,21,23). The molecule has 7 heteroatoms. The minimum atomic E-state index is -0.593. The number of amides is 2. The number of halogens is 1.